The van der Waals surface area contributed by atoms with Crippen molar-refractivity contribution in [1.29, 1.82) is 0 Å². The van der Waals surface area contributed by atoms with Crippen molar-refractivity contribution in [2.45, 2.75) is 251 Å². The van der Waals surface area contributed by atoms with Crippen molar-refractivity contribution in [3.63, 3.8) is 0 Å². The van der Waals surface area contributed by atoms with Crippen LogP contribution in [0.4, 0.5) is 0 Å². The van der Waals surface area contributed by atoms with Gasteiger partial charge in [-0.25, -0.2) is 4.57 Å². The normalized spacial score (nSPS) is 14.2. The van der Waals surface area contributed by atoms with Gasteiger partial charge in [-0.2, -0.15) is 0 Å². The molecule has 3 atom stereocenters. The van der Waals surface area contributed by atoms with Crippen LogP contribution in [0, 0.1) is 0 Å². The number of hydrogen-bond donors (Lipinski definition) is 2. The Labute approximate surface area is 487 Å². The van der Waals surface area contributed by atoms with Crippen LogP contribution < -0.4 is 0 Å². The predicted molar refractivity (Wildman–Crippen MR) is 334 cm³/mol. The molecule has 0 aromatic carbocycles. The van der Waals surface area contributed by atoms with Crippen molar-refractivity contribution in [3.05, 3.63) is 134 Å². The van der Waals surface area contributed by atoms with E-state index >= 15 is 0 Å². The van der Waals surface area contributed by atoms with Crippen LogP contribution in [0.25, 0.3) is 0 Å². The Morgan fingerprint density at radius 2 is 0.675 bits per heavy atom. The molecule has 0 radical (unpaired) electrons. The second-order valence-corrected chi connectivity index (χ2v) is 21.6. The number of rotatable bonds is 56. The third-order valence-corrected chi connectivity index (χ3v) is 13.5. The molecule has 0 bridgehead atoms. The standard InChI is InChI=1S/C68H111O11P/c1-4-7-10-13-16-19-22-25-28-30-32-34-37-39-42-45-48-51-54-57-66(70)75-61-65(79-68(72)59-56-53-50-47-44-41-38-35-33-31-29-26-23-20-17-14-11-8-5-2)63-77-80(73,74)76-62-64(60-69)78-67(71)58-55-52-49-46-43-40-36-27-24-21-18-15-12-9-6-3/h8-9,11-12,16-21,25-29,33,35-36,41,44,50,53,64-65,69H,4-7,10,13-15,22-24,30-32,34,37-40,42-43,45-49,51-52,54-63H2,1-3H3,(H,73,74)/b11-8-,12-9-,19-16-,20-17-,21-18-,28-25-,29-26-,35-33-,36-27-,44-41-,53-50-. The molecule has 0 aliphatic rings. The lowest BCUT2D eigenvalue weighted by Gasteiger charge is -2.21. The van der Waals surface area contributed by atoms with Gasteiger partial charge in [0.25, 0.3) is 0 Å². The Morgan fingerprint density at radius 1 is 0.362 bits per heavy atom. The first-order valence-corrected chi connectivity index (χ1v) is 32.6. The van der Waals surface area contributed by atoms with Gasteiger partial charge in [-0.15, -0.1) is 0 Å². The van der Waals surface area contributed by atoms with E-state index in [2.05, 4.69) is 142 Å². The summed E-state index contributed by atoms with van der Waals surface area (Å²) in [5.74, 6) is -1.60. The molecular weight excluding hydrogens is 1020 g/mol. The number of unbranched alkanes of at least 4 members (excludes halogenated alkanes) is 17. The van der Waals surface area contributed by atoms with E-state index in [1.165, 1.54) is 57.8 Å². The highest BCUT2D eigenvalue weighted by Crippen LogP contribution is 2.43. The molecule has 0 aliphatic heterocycles. The zero-order chi connectivity index (χ0) is 58.3. The maximum absolute atomic E-state index is 12.9. The van der Waals surface area contributed by atoms with Gasteiger partial charge in [0, 0.05) is 19.3 Å². The van der Waals surface area contributed by atoms with E-state index in [1.807, 2.05) is 12.2 Å². The Kier molecular flexibility index (Phi) is 57.4. The van der Waals surface area contributed by atoms with Crippen LogP contribution in [0.1, 0.15) is 239 Å². The van der Waals surface area contributed by atoms with Gasteiger partial charge in [-0.05, 0) is 122 Å². The fourth-order valence-corrected chi connectivity index (χ4v) is 8.68. The van der Waals surface area contributed by atoms with Gasteiger partial charge in [0.1, 0.15) is 12.7 Å². The lowest BCUT2D eigenvalue weighted by Crippen LogP contribution is -2.30. The molecule has 0 aromatic heterocycles. The molecule has 3 unspecified atom stereocenters. The number of hydrogen-bond acceptors (Lipinski definition) is 10. The first-order valence-electron chi connectivity index (χ1n) is 31.1. The molecule has 0 fully saturated rings. The predicted octanol–water partition coefficient (Wildman–Crippen LogP) is 18.9. The molecule has 11 nitrogen and oxygen atoms in total. The van der Waals surface area contributed by atoms with Crippen LogP contribution in [-0.4, -0.2) is 66.5 Å². The minimum absolute atomic E-state index is 0.0336. The highest BCUT2D eigenvalue weighted by Gasteiger charge is 2.28. The van der Waals surface area contributed by atoms with Gasteiger partial charge in [0.2, 0.25) is 0 Å². The van der Waals surface area contributed by atoms with E-state index in [-0.39, 0.29) is 25.9 Å². The number of carbonyl (C=O) groups excluding carboxylic acids is 3. The maximum atomic E-state index is 12.9. The number of phosphoric acid groups is 1. The third kappa shape index (κ3) is 58.3. The summed E-state index contributed by atoms with van der Waals surface area (Å²) in [4.78, 5) is 48.7. The number of phosphoric ester groups is 1. The number of allylic oxidation sites excluding steroid dienone is 22. The number of aliphatic hydroxyl groups excluding tert-OH is 1. The average Bonchev–Trinajstić information content (AvgIpc) is 3.45. The van der Waals surface area contributed by atoms with Crippen LogP contribution in [-0.2, 0) is 42.2 Å². The van der Waals surface area contributed by atoms with Crippen LogP contribution in [0.15, 0.2) is 134 Å². The summed E-state index contributed by atoms with van der Waals surface area (Å²) in [6, 6.07) is 0. The quantitative estimate of drug-likeness (QED) is 0.0197. The van der Waals surface area contributed by atoms with Crippen molar-refractivity contribution in [2.24, 2.45) is 0 Å². The van der Waals surface area contributed by atoms with Gasteiger partial charge in [0.05, 0.1) is 19.8 Å². The molecule has 0 saturated heterocycles. The van der Waals surface area contributed by atoms with E-state index in [1.54, 1.807) is 0 Å². The monoisotopic (exact) mass is 1130 g/mol. The summed E-state index contributed by atoms with van der Waals surface area (Å²) in [7, 11) is -4.79. The maximum Gasteiger partial charge on any atom is 0.472 e. The van der Waals surface area contributed by atoms with Gasteiger partial charge in [-0.3, -0.25) is 23.4 Å². The van der Waals surface area contributed by atoms with Gasteiger partial charge in [-0.1, -0.05) is 231 Å². The molecule has 80 heavy (non-hydrogen) atoms. The van der Waals surface area contributed by atoms with E-state index in [0.717, 1.165) is 116 Å². The van der Waals surface area contributed by atoms with E-state index < -0.39 is 57.8 Å². The molecule has 0 spiro atoms. The Bertz CT molecular complexity index is 1850. The second-order valence-electron chi connectivity index (χ2n) is 20.1. The number of ether oxygens (including phenoxy) is 3. The van der Waals surface area contributed by atoms with Gasteiger partial charge in [0.15, 0.2) is 6.10 Å². The van der Waals surface area contributed by atoms with E-state index in [4.69, 9.17) is 23.3 Å². The summed E-state index contributed by atoms with van der Waals surface area (Å²) < 4.78 is 39.5. The summed E-state index contributed by atoms with van der Waals surface area (Å²) in [6.45, 7) is 4.29. The highest BCUT2D eigenvalue weighted by atomic mass is 31.2. The molecule has 0 rings (SSSR count). The Morgan fingerprint density at radius 3 is 1.07 bits per heavy atom. The molecule has 0 saturated carbocycles. The fraction of sp³-hybridized carbons (Fsp3) is 0.632. The summed E-state index contributed by atoms with van der Waals surface area (Å²) in [5, 5.41) is 9.84. The molecule has 454 valence electrons. The van der Waals surface area contributed by atoms with Crippen molar-refractivity contribution >= 4 is 25.7 Å². The van der Waals surface area contributed by atoms with Crippen molar-refractivity contribution in [2.75, 3.05) is 26.4 Å². The smallest absolute Gasteiger partial charge is 0.462 e. The molecule has 12 heteroatoms. The third-order valence-electron chi connectivity index (χ3n) is 12.6. The first kappa shape index (κ1) is 75.6. The molecule has 0 amide bonds. The van der Waals surface area contributed by atoms with Gasteiger partial charge < -0.3 is 24.2 Å². The minimum Gasteiger partial charge on any atom is -0.462 e. The van der Waals surface area contributed by atoms with Crippen LogP contribution in [0.3, 0.4) is 0 Å². The summed E-state index contributed by atoms with van der Waals surface area (Å²) in [6.07, 6.45) is 77.0. The molecular formula is C68H111O11P. The van der Waals surface area contributed by atoms with Crippen LogP contribution >= 0.6 is 7.82 Å². The second kappa shape index (κ2) is 60.7. The van der Waals surface area contributed by atoms with Crippen molar-refractivity contribution < 1.29 is 52.2 Å². The van der Waals surface area contributed by atoms with Gasteiger partial charge >= 0.3 is 25.7 Å². The molecule has 0 aromatic rings. The Balaban J connectivity index is 4.85. The number of esters is 3. The molecule has 0 heterocycles. The van der Waals surface area contributed by atoms with Crippen LogP contribution in [0.2, 0.25) is 0 Å². The number of carbonyl (C=O) groups is 3. The zero-order valence-corrected chi connectivity index (χ0v) is 51.1. The summed E-state index contributed by atoms with van der Waals surface area (Å²) in [5.41, 5.74) is 0. The largest absolute Gasteiger partial charge is 0.472 e. The lowest BCUT2D eigenvalue weighted by atomic mass is 10.1. The molecule has 0 aliphatic carbocycles. The van der Waals surface area contributed by atoms with Crippen molar-refractivity contribution in [3.8, 4) is 0 Å². The lowest BCUT2D eigenvalue weighted by molar-refractivity contribution is -0.161. The SMILES string of the molecule is CC/C=C\C/C=C\C/C=C\C/C=C\C/C=C\C/C=C\CCC(=O)OC(COC(=O)CCCCCCCCCCC/C=C\C/C=C\CCCCC)COP(=O)(O)OCC(CO)OC(=O)CCCCCCC/C=C\C/C=C\C/C=C\CC. The minimum atomic E-state index is -4.79. The van der Waals surface area contributed by atoms with Crippen molar-refractivity contribution in [1.82, 2.24) is 0 Å². The molecule has 2 N–H and O–H groups in total. The topological polar surface area (TPSA) is 155 Å². The zero-order valence-electron chi connectivity index (χ0n) is 50.2. The van der Waals surface area contributed by atoms with Crippen LogP contribution in [0.5, 0.6) is 0 Å². The fourth-order valence-electron chi connectivity index (χ4n) is 7.90. The highest BCUT2D eigenvalue weighted by molar-refractivity contribution is 7.47. The Hall–Kier alpha value is -4.38. The number of aliphatic hydroxyl groups is 1. The van der Waals surface area contributed by atoms with E-state index in [0.29, 0.717) is 25.7 Å². The first-order chi connectivity index (χ1) is 39.2. The van der Waals surface area contributed by atoms with E-state index in [9.17, 15) is 28.9 Å². The summed E-state index contributed by atoms with van der Waals surface area (Å²) >= 11 is 0. The average molecular weight is 1140 g/mol.